The molecule has 0 bridgehead atoms. The fourth-order valence-electron chi connectivity index (χ4n) is 3.40. The van der Waals surface area contributed by atoms with Crippen LogP contribution < -0.4 is 10.2 Å². The second-order valence-electron chi connectivity index (χ2n) is 6.51. The second kappa shape index (κ2) is 7.70. The molecule has 2 aliphatic rings. The second-order valence-corrected chi connectivity index (χ2v) is 6.51. The largest absolute Gasteiger partial charge is 0.378 e. The molecule has 1 aromatic heterocycles. The summed E-state index contributed by atoms with van der Waals surface area (Å²) in [6.07, 6.45) is 3.76. The molecule has 3 heterocycles. The minimum absolute atomic E-state index is 0.0191. The minimum atomic E-state index is -0.0191. The van der Waals surface area contributed by atoms with Crippen molar-refractivity contribution < 1.29 is 9.53 Å². The molecule has 0 aliphatic carbocycles. The van der Waals surface area contributed by atoms with Gasteiger partial charge in [0.15, 0.2) is 0 Å². The molecule has 2 fully saturated rings. The van der Waals surface area contributed by atoms with Gasteiger partial charge >= 0.3 is 0 Å². The van der Waals surface area contributed by atoms with Gasteiger partial charge in [-0.15, -0.1) is 0 Å². The summed E-state index contributed by atoms with van der Waals surface area (Å²) >= 11 is 0. The standard InChI is InChI=1S/C19H23N5O2/c25-18(24-9-3-4-10-24)16-7-8-20-19(22-16)21-15-5-1-2-6-17(15)23-11-13-26-14-12-23/h1-2,5-8H,3-4,9-14H2,(H,20,21,22). The number of hydrogen-bond donors (Lipinski definition) is 1. The Morgan fingerprint density at radius 1 is 1.04 bits per heavy atom. The molecule has 0 atom stereocenters. The maximum Gasteiger partial charge on any atom is 0.272 e. The molecule has 1 aromatic carbocycles. The highest BCUT2D eigenvalue weighted by Crippen LogP contribution is 2.28. The number of aromatic nitrogens is 2. The van der Waals surface area contributed by atoms with Crippen molar-refractivity contribution >= 4 is 23.2 Å². The van der Waals surface area contributed by atoms with Gasteiger partial charge in [0, 0.05) is 32.4 Å². The van der Waals surface area contributed by atoms with Gasteiger partial charge in [-0.2, -0.15) is 0 Å². The Hall–Kier alpha value is -2.67. The van der Waals surface area contributed by atoms with Crippen molar-refractivity contribution in [1.29, 1.82) is 0 Å². The van der Waals surface area contributed by atoms with E-state index in [4.69, 9.17) is 4.74 Å². The molecule has 26 heavy (non-hydrogen) atoms. The van der Waals surface area contributed by atoms with Gasteiger partial charge in [-0.05, 0) is 31.0 Å². The van der Waals surface area contributed by atoms with Crippen LogP contribution in [-0.4, -0.2) is 60.2 Å². The summed E-state index contributed by atoms with van der Waals surface area (Å²) in [5.74, 6) is 0.421. The first kappa shape index (κ1) is 16.8. The van der Waals surface area contributed by atoms with Gasteiger partial charge in [-0.1, -0.05) is 12.1 Å². The number of nitrogens with one attached hydrogen (secondary N) is 1. The average Bonchev–Trinajstić information content (AvgIpc) is 3.24. The highest BCUT2D eigenvalue weighted by atomic mass is 16.5. The molecule has 0 saturated carbocycles. The molecule has 0 radical (unpaired) electrons. The van der Waals surface area contributed by atoms with Crippen molar-refractivity contribution in [3.63, 3.8) is 0 Å². The zero-order chi connectivity index (χ0) is 17.8. The van der Waals surface area contributed by atoms with Crippen LogP contribution in [-0.2, 0) is 4.74 Å². The lowest BCUT2D eigenvalue weighted by molar-refractivity contribution is 0.0787. The molecule has 2 aromatic rings. The van der Waals surface area contributed by atoms with Gasteiger partial charge in [0.25, 0.3) is 5.91 Å². The van der Waals surface area contributed by atoms with E-state index in [2.05, 4.69) is 26.3 Å². The predicted octanol–water partition coefficient (Wildman–Crippen LogP) is 2.29. The van der Waals surface area contributed by atoms with Crippen LogP contribution in [0.2, 0.25) is 0 Å². The van der Waals surface area contributed by atoms with Crippen LogP contribution in [0.1, 0.15) is 23.3 Å². The fourth-order valence-corrected chi connectivity index (χ4v) is 3.40. The zero-order valence-electron chi connectivity index (χ0n) is 14.7. The Bertz CT molecular complexity index is 770. The van der Waals surface area contributed by atoms with Crippen molar-refractivity contribution in [3.05, 3.63) is 42.2 Å². The number of amides is 1. The lowest BCUT2D eigenvalue weighted by Crippen LogP contribution is -2.36. The third kappa shape index (κ3) is 3.62. The van der Waals surface area contributed by atoms with Crippen molar-refractivity contribution in [1.82, 2.24) is 14.9 Å². The first-order chi connectivity index (χ1) is 12.8. The van der Waals surface area contributed by atoms with Crippen LogP contribution in [0.3, 0.4) is 0 Å². The van der Waals surface area contributed by atoms with E-state index in [9.17, 15) is 4.79 Å². The average molecular weight is 353 g/mol. The normalized spacial score (nSPS) is 17.4. The first-order valence-electron chi connectivity index (χ1n) is 9.12. The van der Waals surface area contributed by atoms with Gasteiger partial charge in [0.1, 0.15) is 5.69 Å². The summed E-state index contributed by atoms with van der Waals surface area (Å²) in [7, 11) is 0. The van der Waals surface area contributed by atoms with Gasteiger partial charge in [-0.25, -0.2) is 9.97 Å². The van der Waals surface area contributed by atoms with Crippen molar-refractivity contribution in [3.8, 4) is 0 Å². The number of carbonyl (C=O) groups is 1. The number of anilines is 3. The molecule has 0 spiro atoms. The lowest BCUT2D eigenvalue weighted by Gasteiger charge is -2.30. The van der Waals surface area contributed by atoms with E-state index in [1.165, 1.54) is 0 Å². The van der Waals surface area contributed by atoms with E-state index in [1.54, 1.807) is 12.3 Å². The number of nitrogens with zero attached hydrogens (tertiary/aromatic N) is 4. The summed E-state index contributed by atoms with van der Waals surface area (Å²) in [4.78, 5) is 25.4. The van der Waals surface area contributed by atoms with Crippen LogP contribution in [0, 0.1) is 0 Å². The van der Waals surface area contributed by atoms with Crippen LogP contribution in [0.25, 0.3) is 0 Å². The van der Waals surface area contributed by atoms with Crippen molar-refractivity contribution in [2.24, 2.45) is 0 Å². The number of para-hydroxylation sites is 2. The van der Waals surface area contributed by atoms with E-state index in [1.807, 2.05) is 23.1 Å². The smallest absolute Gasteiger partial charge is 0.272 e. The van der Waals surface area contributed by atoms with Crippen molar-refractivity contribution in [2.75, 3.05) is 49.6 Å². The van der Waals surface area contributed by atoms with Crippen LogP contribution in [0.15, 0.2) is 36.5 Å². The molecule has 136 valence electrons. The number of likely N-dealkylation sites (tertiary alicyclic amines) is 1. The Labute approximate surface area is 153 Å². The summed E-state index contributed by atoms with van der Waals surface area (Å²) in [5.41, 5.74) is 2.46. The van der Waals surface area contributed by atoms with E-state index in [0.717, 1.165) is 63.6 Å². The zero-order valence-corrected chi connectivity index (χ0v) is 14.7. The van der Waals surface area contributed by atoms with E-state index >= 15 is 0 Å². The monoisotopic (exact) mass is 353 g/mol. The summed E-state index contributed by atoms with van der Waals surface area (Å²) in [6.45, 7) is 4.78. The van der Waals surface area contributed by atoms with E-state index in [-0.39, 0.29) is 5.91 Å². The van der Waals surface area contributed by atoms with Gasteiger partial charge in [-0.3, -0.25) is 4.79 Å². The number of ether oxygens (including phenoxy) is 1. The Morgan fingerprint density at radius 3 is 2.62 bits per heavy atom. The van der Waals surface area contributed by atoms with Crippen LogP contribution in [0.5, 0.6) is 0 Å². The maximum atomic E-state index is 12.6. The Kier molecular flexibility index (Phi) is 4.97. The van der Waals surface area contributed by atoms with E-state index in [0.29, 0.717) is 11.6 Å². The SMILES string of the molecule is O=C(c1ccnc(Nc2ccccc2N2CCOCC2)n1)N1CCCC1. The van der Waals surface area contributed by atoms with Crippen LogP contribution >= 0.6 is 0 Å². The molecule has 2 aliphatic heterocycles. The molecule has 2 saturated heterocycles. The molecule has 7 nitrogen and oxygen atoms in total. The molecular weight excluding hydrogens is 330 g/mol. The molecule has 4 rings (SSSR count). The topological polar surface area (TPSA) is 70.6 Å². The lowest BCUT2D eigenvalue weighted by atomic mass is 10.2. The summed E-state index contributed by atoms with van der Waals surface area (Å²) in [6, 6.07) is 9.76. The fraction of sp³-hybridized carbons (Fsp3) is 0.421. The van der Waals surface area contributed by atoms with E-state index < -0.39 is 0 Å². The highest BCUT2D eigenvalue weighted by molar-refractivity contribution is 5.92. The van der Waals surface area contributed by atoms with Gasteiger partial charge in [0.2, 0.25) is 5.95 Å². The maximum absolute atomic E-state index is 12.6. The van der Waals surface area contributed by atoms with Crippen LogP contribution in [0.4, 0.5) is 17.3 Å². The number of hydrogen-bond acceptors (Lipinski definition) is 6. The molecule has 0 unspecified atom stereocenters. The number of rotatable bonds is 4. The third-order valence-electron chi connectivity index (χ3n) is 4.77. The molecule has 7 heteroatoms. The highest BCUT2D eigenvalue weighted by Gasteiger charge is 2.21. The molecule has 1 N–H and O–H groups in total. The quantitative estimate of drug-likeness (QED) is 0.909. The van der Waals surface area contributed by atoms with Gasteiger partial charge < -0.3 is 19.9 Å². The number of carbonyl (C=O) groups excluding carboxylic acids is 1. The Morgan fingerprint density at radius 2 is 1.81 bits per heavy atom. The molecule has 1 amide bonds. The summed E-state index contributed by atoms with van der Waals surface area (Å²) < 4.78 is 5.44. The van der Waals surface area contributed by atoms with Gasteiger partial charge in [0.05, 0.1) is 24.6 Å². The summed E-state index contributed by atoms with van der Waals surface area (Å²) in [5, 5.41) is 3.28. The number of benzene rings is 1. The minimum Gasteiger partial charge on any atom is -0.378 e. The first-order valence-corrected chi connectivity index (χ1v) is 9.12. The third-order valence-corrected chi connectivity index (χ3v) is 4.77. The number of morpholine rings is 1. The van der Waals surface area contributed by atoms with Crippen molar-refractivity contribution in [2.45, 2.75) is 12.8 Å². The predicted molar refractivity (Wildman–Crippen MR) is 99.9 cm³/mol. The molecular formula is C19H23N5O2. The Balaban J connectivity index is 1.54.